The molecule has 0 aromatic heterocycles. The van der Waals surface area contributed by atoms with Crippen LogP contribution in [0.3, 0.4) is 0 Å². The van der Waals surface area contributed by atoms with Gasteiger partial charge in [-0.3, -0.25) is 0 Å². The van der Waals surface area contributed by atoms with Crippen LogP contribution in [-0.4, -0.2) is 34.0 Å². The molecule has 0 N–H and O–H groups in total. The maximum atomic E-state index is 5.97. The van der Waals surface area contributed by atoms with Gasteiger partial charge in [0.2, 0.25) is 11.6 Å². The third-order valence-corrected chi connectivity index (χ3v) is 7.04. The first-order chi connectivity index (χ1) is 17.7. The summed E-state index contributed by atoms with van der Waals surface area (Å²) >= 11 is 0. The predicted octanol–water partition coefficient (Wildman–Crippen LogP) is 8.77. The van der Waals surface area contributed by atoms with Crippen molar-refractivity contribution in [1.82, 2.24) is 0 Å². The van der Waals surface area contributed by atoms with Crippen molar-refractivity contribution in [2.45, 2.75) is 182 Å². The van der Waals surface area contributed by atoms with Crippen molar-refractivity contribution in [3.8, 4) is 0 Å². The van der Waals surface area contributed by atoms with Gasteiger partial charge in [-0.25, -0.2) is 19.6 Å². The van der Waals surface area contributed by atoms with Gasteiger partial charge in [0.25, 0.3) is 0 Å². The Morgan fingerprint density at radius 3 is 0.897 bits per heavy atom. The summed E-state index contributed by atoms with van der Waals surface area (Å²) in [6.07, 6.45) is 8.01. The first-order valence-corrected chi connectivity index (χ1v) is 15.1. The minimum atomic E-state index is -0.895. The van der Waals surface area contributed by atoms with Crippen LogP contribution in [0.5, 0.6) is 0 Å². The Kier molecular flexibility index (Phi) is 11.9. The van der Waals surface area contributed by atoms with Gasteiger partial charge >= 0.3 is 0 Å². The van der Waals surface area contributed by atoms with E-state index in [4.69, 9.17) is 39.1 Å². The van der Waals surface area contributed by atoms with Crippen molar-refractivity contribution in [3.05, 3.63) is 0 Å². The van der Waals surface area contributed by atoms with E-state index in [2.05, 4.69) is 6.92 Å². The third kappa shape index (κ3) is 12.6. The first-order valence-electron chi connectivity index (χ1n) is 15.1. The molecule has 0 amide bonds. The molecule has 0 heterocycles. The predicted molar refractivity (Wildman–Crippen MR) is 151 cm³/mol. The molecule has 0 unspecified atom stereocenters. The largest absolute Gasteiger partial charge is 0.234 e. The van der Waals surface area contributed by atoms with Gasteiger partial charge in [-0.1, -0.05) is 13.3 Å². The van der Waals surface area contributed by atoms with Gasteiger partial charge in [-0.05, 0) is 127 Å². The summed E-state index contributed by atoms with van der Waals surface area (Å²) in [6, 6.07) is 0. The molecule has 2 fully saturated rings. The van der Waals surface area contributed by atoms with E-state index in [9.17, 15) is 0 Å². The highest BCUT2D eigenvalue weighted by atomic mass is 17.3. The molecule has 232 valence electrons. The lowest BCUT2D eigenvalue weighted by atomic mass is 9.67. The molecule has 0 radical (unpaired) electrons. The lowest BCUT2D eigenvalue weighted by molar-refractivity contribution is -0.547. The normalized spacial score (nSPS) is 22.0. The Labute approximate surface area is 238 Å². The highest BCUT2D eigenvalue weighted by Gasteiger charge is 2.47. The van der Waals surface area contributed by atoms with Gasteiger partial charge in [0.05, 0.1) is 22.4 Å². The van der Waals surface area contributed by atoms with E-state index in [1.165, 1.54) is 0 Å². The molecule has 0 spiro atoms. The Morgan fingerprint density at radius 2 is 0.718 bits per heavy atom. The Hall–Kier alpha value is -0.320. The van der Waals surface area contributed by atoms with Gasteiger partial charge in [0.15, 0.2) is 0 Å². The van der Waals surface area contributed by atoms with E-state index >= 15 is 0 Å². The molecule has 2 rings (SSSR count). The molecule has 0 atom stereocenters. The SMILES string of the molecule is CCC(C1CCC(OOC(C)(C)C)(OOC(C)(C)C)CC1)C1CCC(OOC(C)(C)C)(OOC(C)(C)C)CC1. The van der Waals surface area contributed by atoms with E-state index in [0.29, 0.717) is 17.8 Å². The van der Waals surface area contributed by atoms with Crippen LogP contribution in [0.25, 0.3) is 0 Å². The van der Waals surface area contributed by atoms with Crippen molar-refractivity contribution in [3.63, 3.8) is 0 Å². The maximum absolute atomic E-state index is 5.97. The standard InChI is InChI=1S/C31H60O8/c1-14-25(23-15-19-30(20-16-23,36-32-26(2,3)4)37-33-27(5,6)7)24-17-21-31(22-18-24,38-34-28(8,9)10)39-35-29(11,12)13/h23-25H,14-22H2,1-13H3. The summed E-state index contributed by atoms with van der Waals surface area (Å²) in [4.78, 5) is 46.8. The minimum absolute atomic E-state index is 0.437. The monoisotopic (exact) mass is 560 g/mol. The van der Waals surface area contributed by atoms with Crippen LogP contribution in [0.2, 0.25) is 0 Å². The molecule has 8 heteroatoms. The summed E-state index contributed by atoms with van der Waals surface area (Å²) in [5.74, 6) is -0.0352. The molecule has 2 aliphatic rings. The van der Waals surface area contributed by atoms with Crippen molar-refractivity contribution < 1.29 is 39.1 Å². The molecule has 2 saturated carbocycles. The van der Waals surface area contributed by atoms with Crippen LogP contribution in [0.4, 0.5) is 0 Å². The van der Waals surface area contributed by atoms with Crippen LogP contribution >= 0.6 is 0 Å². The number of rotatable bonds is 11. The van der Waals surface area contributed by atoms with E-state index in [0.717, 1.165) is 57.8 Å². The van der Waals surface area contributed by atoms with Gasteiger partial charge in [-0.2, -0.15) is 19.6 Å². The molecule has 0 aromatic rings. The van der Waals surface area contributed by atoms with Crippen molar-refractivity contribution >= 4 is 0 Å². The van der Waals surface area contributed by atoms with Crippen LogP contribution in [0, 0.1) is 17.8 Å². The summed E-state index contributed by atoms with van der Waals surface area (Å²) in [7, 11) is 0. The lowest BCUT2D eigenvalue weighted by Crippen LogP contribution is -2.46. The molecule has 0 saturated heterocycles. The summed E-state index contributed by atoms with van der Waals surface area (Å²) in [6.45, 7) is 26.0. The molecule has 8 nitrogen and oxygen atoms in total. The van der Waals surface area contributed by atoms with E-state index in [-0.39, 0.29) is 0 Å². The molecule has 0 aliphatic heterocycles. The summed E-state index contributed by atoms with van der Waals surface area (Å²) in [5, 5.41) is 0. The van der Waals surface area contributed by atoms with Crippen molar-refractivity contribution in [2.75, 3.05) is 0 Å². The molecular weight excluding hydrogens is 500 g/mol. The van der Waals surface area contributed by atoms with Gasteiger partial charge in [-0.15, -0.1) is 0 Å². The second kappa shape index (κ2) is 13.3. The second-order valence-corrected chi connectivity index (χ2v) is 15.7. The molecule has 2 aliphatic carbocycles. The van der Waals surface area contributed by atoms with E-state index in [1.807, 2.05) is 83.1 Å². The van der Waals surface area contributed by atoms with Crippen molar-refractivity contribution in [1.29, 1.82) is 0 Å². The highest BCUT2D eigenvalue weighted by molar-refractivity contribution is 4.89. The Balaban J connectivity index is 2.05. The van der Waals surface area contributed by atoms with E-state index in [1.54, 1.807) is 0 Å². The minimum Gasteiger partial charge on any atom is -0.228 e. The van der Waals surface area contributed by atoms with Gasteiger partial charge < -0.3 is 0 Å². The second-order valence-electron chi connectivity index (χ2n) is 15.7. The quantitative estimate of drug-likeness (QED) is 0.141. The lowest BCUT2D eigenvalue weighted by Gasteiger charge is -2.45. The van der Waals surface area contributed by atoms with Crippen LogP contribution in [0.15, 0.2) is 0 Å². The third-order valence-electron chi connectivity index (χ3n) is 7.04. The Bertz CT molecular complexity index is 609. The zero-order chi connectivity index (χ0) is 29.8. The van der Waals surface area contributed by atoms with Crippen LogP contribution in [0.1, 0.15) is 148 Å². The number of hydrogen-bond donors (Lipinski definition) is 0. The average Bonchev–Trinajstić information content (AvgIpc) is 2.80. The fraction of sp³-hybridized carbons (Fsp3) is 1.00. The fourth-order valence-corrected chi connectivity index (χ4v) is 5.23. The van der Waals surface area contributed by atoms with Crippen LogP contribution in [-0.2, 0) is 39.1 Å². The van der Waals surface area contributed by atoms with Crippen LogP contribution < -0.4 is 0 Å². The zero-order valence-corrected chi connectivity index (χ0v) is 27.4. The molecule has 0 bridgehead atoms. The zero-order valence-electron chi connectivity index (χ0n) is 27.4. The maximum Gasteiger partial charge on any atom is 0.234 e. The number of hydrogen-bond acceptors (Lipinski definition) is 8. The molecule has 0 aromatic carbocycles. The van der Waals surface area contributed by atoms with Gasteiger partial charge in [0, 0.05) is 25.7 Å². The Morgan fingerprint density at radius 1 is 0.487 bits per heavy atom. The topological polar surface area (TPSA) is 73.8 Å². The van der Waals surface area contributed by atoms with E-state index < -0.39 is 34.0 Å². The molecule has 39 heavy (non-hydrogen) atoms. The smallest absolute Gasteiger partial charge is 0.228 e. The fourth-order valence-electron chi connectivity index (χ4n) is 5.23. The van der Waals surface area contributed by atoms with Crippen molar-refractivity contribution in [2.24, 2.45) is 17.8 Å². The average molecular weight is 561 g/mol. The summed E-state index contributed by atoms with van der Waals surface area (Å²) in [5.41, 5.74) is -1.75. The molecular formula is C31H60O8. The summed E-state index contributed by atoms with van der Waals surface area (Å²) < 4.78 is 0. The highest BCUT2D eigenvalue weighted by Crippen LogP contribution is 2.48. The first kappa shape index (κ1) is 34.9. The van der Waals surface area contributed by atoms with Gasteiger partial charge in [0.1, 0.15) is 0 Å².